The van der Waals surface area contributed by atoms with Crippen molar-refractivity contribution in [3.8, 4) is 0 Å². The van der Waals surface area contributed by atoms with Gasteiger partial charge in [-0.25, -0.2) is 4.57 Å². The molecule has 0 aliphatic heterocycles. The monoisotopic (exact) mass is 242 g/mol. The van der Waals surface area contributed by atoms with Gasteiger partial charge in [0.05, 0.1) is 12.0 Å². The van der Waals surface area contributed by atoms with Crippen LogP contribution in [0.1, 0.15) is 0 Å². The van der Waals surface area contributed by atoms with Crippen LogP contribution in [-0.2, 0) is 9.09 Å². The van der Waals surface area contributed by atoms with Crippen molar-refractivity contribution in [1.82, 2.24) is 0 Å². The second-order valence-electron chi connectivity index (χ2n) is 1.64. The maximum atomic E-state index is 10.1. The molecule has 11 heavy (non-hydrogen) atoms. The van der Waals surface area contributed by atoms with Crippen LogP contribution in [0.15, 0.2) is 0 Å². The van der Waals surface area contributed by atoms with Gasteiger partial charge in [-0.3, -0.25) is 4.52 Å². The maximum Gasteiger partial charge on any atom is 0.469 e. The van der Waals surface area contributed by atoms with Crippen LogP contribution in [0.3, 0.4) is 0 Å². The fourth-order valence-electron chi connectivity index (χ4n) is 0.241. The molecular formula is C3H6Cl3O4P. The summed E-state index contributed by atoms with van der Waals surface area (Å²) in [5.74, 6) is 0. The Morgan fingerprint density at radius 3 is 2.09 bits per heavy atom. The Kier molecular flexibility index (Phi) is 5.31. The van der Waals surface area contributed by atoms with Gasteiger partial charge in [0, 0.05) is 0 Å². The summed E-state index contributed by atoms with van der Waals surface area (Å²) in [6, 6.07) is 0. The second kappa shape index (κ2) is 4.87. The third-order valence-corrected chi connectivity index (χ3v) is 2.41. The number of hydrogen-bond donors (Lipinski definition) is 2. The molecule has 0 heterocycles. The molecule has 0 saturated carbocycles. The van der Waals surface area contributed by atoms with Crippen molar-refractivity contribution in [2.24, 2.45) is 0 Å². The minimum atomic E-state index is -4.46. The van der Waals surface area contributed by atoms with Crippen LogP contribution in [0, 0.1) is 0 Å². The summed E-state index contributed by atoms with van der Waals surface area (Å²) < 4.78 is 14.1. The topological polar surface area (TPSA) is 66.8 Å². The number of phosphoric ester groups is 1. The first kappa shape index (κ1) is 12.0. The highest BCUT2D eigenvalue weighted by Gasteiger charge is 2.20. The van der Waals surface area contributed by atoms with Gasteiger partial charge in [0.1, 0.15) is 4.84 Å². The van der Waals surface area contributed by atoms with Crippen molar-refractivity contribution in [1.29, 1.82) is 0 Å². The van der Waals surface area contributed by atoms with Crippen molar-refractivity contribution in [2.45, 2.75) is 10.2 Å². The molecule has 0 amide bonds. The lowest BCUT2D eigenvalue weighted by Gasteiger charge is -2.10. The van der Waals surface area contributed by atoms with Gasteiger partial charge >= 0.3 is 7.82 Å². The second-order valence-corrected chi connectivity index (χ2v) is 4.60. The highest BCUT2D eigenvalue weighted by molar-refractivity contribution is 7.46. The van der Waals surface area contributed by atoms with E-state index in [1.807, 2.05) is 0 Å². The molecule has 0 radical (unpaired) electrons. The van der Waals surface area contributed by atoms with Crippen molar-refractivity contribution >= 4 is 42.6 Å². The lowest BCUT2D eigenvalue weighted by Crippen LogP contribution is -2.15. The predicted molar refractivity (Wildman–Crippen MR) is 43.1 cm³/mol. The molecule has 0 aliphatic carbocycles. The molecule has 0 bridgehead atoms. The quantitative estimate of drug-likeness (QED) is 0.580. The first-order valence-corrected chi connectivity index (χ1v) is 5.29. The van der Waals surface area contributed by atoms with Crippen LogP contribution in [0.4, 0.5) is 0 Å². The molecule has 68 valence electrons. The molecule has 0 fully saturated rings. The zero-order chi connectivity index (χ0) is 9.07. The average Bonchev–Trinajstić information content (AvgIpc) is 1.80. The highest BCUT2D eigenvalue weighted by atomic mass is 35.5. The molecule has 2 N–H and O–H groups in total. The van der Waals surface area contributed by atoms with E-state index in [1.165, 1.54) is 0 Å². The summed E-state index contributed by atoms with van der Waals surface area (Å²) in [5, 5.41) is -0.828. The molecule has 4 nitrogen and oxygen atoms in total. The van der Waals surface area contributed by atoms with E-state index in [0.29, 0.717) is 0 Å². The normalized spacial score (nSPS) is 15.5. The molecule has 0 aromatic rings. The summed E-state index contributed by atoms with van der Waals surface area (Å²) in [6.07, 6.45) is 0. The van der Waals surface area contributed by atoms with Gasteiger partial charge in [0.25, 0.3) is 0 Å². The van der Waals surface area contributed by atoms with Crippen LogP contribution in [-0.4, -0.2) is 26.6 Å². The van der Waals surface area contributed by atoms with Gasteiger partial charge in [-0.05, 0) is 0 Å². The van der Waals surface area contributed by atoms with Gasteiger partial charge < -0.3 is 9.79 Å². The first-order chi connectivity index (χ1) is 4.83. The lowest BCUT2D eigenvalue weighted by atomic mass is 10.5. The zero-order valence-corrected chi connectivity index (χ0v) is 8.32. The SMILES string of the molecule is O=P(O)(O)OCC(Cl)C(Cl)Cl. The Morgan fingerprint density at radius 2 is 1.82 bits per heavy atom. The Hall–Kier alpha value is 0.980. The van der Waals surface area contributed by atoms with Crippen molar-refractivity contribution in [2.75, 3.05) is 6.61 Å². The predicted octanol–water partition coefficient (Wildman–Crippen LogP) is 1.51. The molecule has 0 aromatic heterocycles. The Labute approximate surface area is 78.6 Å². The fraction of sp³-hybridized carbons (Fsp3) is 1.00. The Morgan fingerprint density at radius 1 is 1.36 bits per heavy atom. The van der Waals surface area contributed by atoms with Crippen molar-refractivity contribution in [3.63, 3.8) is 0 Å². The number of hydrogen-bond acceptors (Lipinski definition) is 2. The molecule has 8 heteroatoms. The fourth-order valence-corrected chi connectivity index (χ4v) is 0.892. The number of rotatable bonds is 4. The lowest BCUT2D eigenvalue weighted by molar-refractivity contribution is 0.198. The number of alkyl halides is 3. The first-order valence-electron chi connectivity index (χ1n) is 2.45. The van der Waals surface area contributed by atoms with Crippen LogP contribution in [0.2, 0.25) is 0 Å². The Balaban J connectivity index is 3.63. The molecule has 0 aromatic carbocycles. The largest absolute Gasteiger partial charge is 0.469 e. The van der Waals surface area contributed by atoms with E-state index in [0.717, 1.165) is 0 Å². The molecule has 0 saturated heterocycles. The van der Waals surface area contributed by atoms with Crippen LogP contribution in [0.25, 0.3) is 0 Å². The summed E-state index contributed by atoms with van der Waals surface area (Å²) in [4.78, 5) is 15.5. The third kappa shape index (κ3) is 7.34. The molecule has 0 aliphatic rings. The van der Waals surface area contributed by atoms with E-state index in [-0.39, 0.29) is 6.61 Å². The molecule has 0 spiro atoms. The van der Waals surface area contributed by atoms with E-state index >= 15 is 0 Å². The highest BCUT2D eigenvalue weighted by Crippen LogP contribution is 2.36. The van der Waals surface area contributed by atoms with Gasteiger partial charge in [0.2, 0.25) is 0 Å². The third-order valence-electron chi connectivity index (χ3n) is 0.675. The summed E-state index contributed by atoms with van der Waals surface area (Å²) in [6.45, 7) is -0.385. The van der Waals surface area contributed by atoms with Crippen LogP contribution >= 0.6 is 42.6 Å². The van der Waals surface area contributed by atoms with Crippen molar-refractivity contribution in [3.05, 3.63) is 0 Å². The summed E-state index contributed by atoms with van der Waals surface area (Å²) in [5.41, 5.74) is 0. The molecular weight excluding hydrogens is 237 g/mol. The average molecular weight is 243 g/mol. The molecule has 1 atom stereocenters. The van der Waals surface area contributed by atoms with Crippen LogP contribution in [0.5, 0.6) is 0 Å². The number of halogens is 3. The van der Waals surface area contributed by atoms with E-state index in [2.05, 4.69) is 4.52 Å². The number of phosphoric acid groups is 1. The minimum absolute atomic E-state index is 0.385. The van der Waals surface area contributed by atoms with Gasteiger partial charge in [-0.15, -0.1) is 34.8 Å². The molecule has 1 unspecified atom stereocenters. The molecule has 0 rings (SSSR count). The summed E-state index contributed by atoms with van der Waals surface area (Å²) >= 11 is 15.9. The Bertz CT molecular complexity index is 157. The van der Waals surface area contributed by atoms with Gasteiger partial charge in [-0.2, -0.15) is 0 Å². The van der Waals surface area contributed by atoms with E-state index < -0.39 is 18.0 Å². The van der Waals surface area contributed by atoms with Gasteiger partial charge in [0.15, 0.2) is 0 Å². The summed E-state index contributed by atoms with van der Waals surface area (Å²) in [7, 11) is -4.46. The van der Waals surface area contributed by atoms with Crippen LogP contribution < -0.4 is 0 Å². The van der Waals surface area contributed by atoms with E-state index in [4.69, 9.17) is 44.6 Å². The van der Waals surface area contributed by atoms with E-state index in [1.54, 1.807) is 0 Å². The zero-order valence-electron chi connectivity index (χ0n) is 5.15. The smallest absolute Gasteiger partial charge is 0.303 e. The van der Waals surface area contributed by atoms with Gasteiger partial charge in [-0.1, -0.05) is 0 Å². The minimum Gasteiger partial charge on any atom is -0.303 e. The van der Waals surface area contributed by atoms with E-state index in [9.17, 15) is 4.57 Å². The maximum absolute atomic E-state index is 10.1. The standard InChI is InChI=1S/C3H6Cl3O4P/c4-2(3(5)6)1-10-11(7,8)9/h2-3H,1H2,(H2,7,8,9). The van der Waals surface area contributed by atoms with Crippen molar-refractivity contribution < 1.29 is 18.9 Å².